The molecular weight excluding hydrogens is 423 g/mol. The summed E-state index contributed by atoms with van der Waals surface area (Å²) in [4.78, 5) is 11.9. The summed E-state index contributed by atoms with van der Waals surface area (Å²) in [7, 11) is -1.87. The summed E-state index contributed by atoms with van der Waals surface area (Å²) in [5, 5.41) is 2.46. The average molecular weight is 451 g/mol. The van der Waals surface area contributed by atoms with Gasteiger partial charge in [0.2, 0.25) is 0 Å². The van der Waals surface area contributed by atoms with Crippen molar-refractivity contribution in [2.75, 3.05) is 18.6 Å². The van der Waals surface area contributed by atoms with Crippen LogP contribution >= 0.6 is 0 Å². The molecule has 155 valence electrons. The minimum absolute atomic E-state index is 0.0740. The molecule has 1 aliphatic rings. The maximum atomic E-state index is 12.8. The molecule has 1 aliphatic carbocycles. The molecule has 6 heteroatoms. The van der Waals surface area contributed by atoms with Gasteiger partial charge in [-0.15, -0.1) is 0 Å². The summed E-state index contributed by atoms with van der Waals surface area (Å²) in [6.07, 6.45) is 4.80. The number of hydrogen-bond donors (Lipinski definition) is 0. The number of methoxy groups -OCH3 is 1. The second kappa shape index (κ2) is 9.59. The third kappa shape index (κ3) is 6.03. The molecule has 0 N–H and O–H groups in total. The summed E-state index contributed by atoms with van der Waals surface area (Å²) in [5.74, 6) is -0.0717. The van der Waals surface area contributed by atoms with Crippen molar-refractivity contribution in [3.05, 3.63) is 48.0 Å². The maximum absolute atomic E-state index is 12.8. The molecule has 0 radical (unpaired) electrons. The van der Waals surface area contributed by atoms with E-state index in [1.165, 1.54) is 27.7 Å². The van der Waals surface area contributed by atoms with Gasteiger partial charge in [0.15, 0.2) is 0 Å². The van der Waals surface area contributed by atoms with Crippen LogP contribution in [0.1, 0.15) is 44.1 Å². The number of hydrogen-bond acceptors (Lipinski definition) is 4. The van der Waals surface area contributed by atoms with Crippen molar-refractivity contribution in [3.8, 4) is 0 Å². The molecule has 29 heavy (non-hydrogen) atoms. The van der Waals surface area contributed by atoms with Gasteiger partial charge in [0.05, 0.1) is 0 Å². The number of benzene rings is 2. The Balaban J connectivity index is 1.57. The fourth-order valence-electron chi connectivity index (χ4n) is 4.41. The summed E-state index contributed by atoms with van der Waals surface area (Å²) in [6.45, 7) is 0. The summed E-state index contributed by atoms with van der Waals surface area (Å²) in [5.41, 5.74) is 0.769. The van der Waals surface area contributed by atoms with E-state index in [0.29, 0.717) is 12.8 Å². The van der Waals surface area contributed by atoms with E-state index in [4.69, 9.17) is 4.74 Å². The first kappa shape index (κ1) is 22.3. The van der Waals surface area contributed by atoms with Crippen molar-refractivity contribution < 1.29 is 34.9 Å². The number of ether oxygens (including phenoxy) is 1. The Morgan fingerprint density at radius 2 is 1.90 bits per heavy atom. The van der Waals surface area contributed by atoms with Crippen LogP contribution < -0.4 is 0 Å². The van der Waals surface area contributed by atoms with E-state index in [1.54, 1.807) is 0 Å². The van der Waals surface area contributed by atoms with Crippen molar-refractivity contribution in [1.82, 2.24) is 0 Å². The molecule has 0 saturated heterocycles. The van der Waals surface area contributed by atoms with Crippen LogP contribution in [0.3, 0.4) is 0 Å². The zero-order valence-corrected chi connectivity index (χ0v) is 19.1. The number of sulfone groups is 1. The standard InChI is InChI=1S/C23H28O4S.V/c1-27-22(24)17-23(14-5-6-15-23)18-28(25,26)16-7-4-10-20-12-8-11-19-9-2-3-13-21(19)20;/h2-3,8-9,11-13H,4-5,7,10,14-18H2,1H3;. The molecule has 1 atom stereocenters. The van der Waals surface area contributed by atoms with Gasteiger partial charge in [-0.1, -0.05) is 24.3 Å². The van der Waals surface area contributed by atoms with E-state index in [9.17, 15) is 13.2 Å². The van der Waals surface area contributed by atoms with Gasteiger partial charge in [-0.3, -0.25) is 0 Å². The molecule has 3 rings (SSSR count). The summed E-state index contributed by atoms with van der Waals surface area (Å²) >= 11 is 2.54. The second-order valence-corrected chi connectivity index (χ2v) is 11.4. The van der Waals surface area contributed by atoms with Crippen molar-refractivity contribution >= 4 is 30.8 Å². The fraction of sp³-hybridized carbons (Fsp3) is 0.478. The topological polar surface area (TPSA) is 60.4 Å². The van der Waals surface area contributed by atoms with Gasteiger partial charge in [-0.05, 0) is 0 Å². The third-order valence-electron chi connectivity index (χ3n) is 5.83. The zero-order valence-electron chi connectivity index (χ0n) is 16.9. The van der Waals surface area contributed by atoms with Gasteiger partial charge < -0.3 is 0 Å². The van der Waals surface area contributed by atoms with Crippen LogP contribution in [-0.2, 0) is 42.8 Å². The van der Waals surface area contributed by atoms with Gasteiger partial charge in [0.25, 0.3) is 0 Å². The Labute approximate surface area is 182 Å². The molecule has 2 aromatic rings. The van der Waals surface area contributed by atoms with Gasteiger partial charge in [-0.25, -0.2) is 0 Å². The third-order valence-corrected chi connectivity index (χ3v) is 8.39. The van der Waals surface area contributed by atoms with Crippen molar-refractivity contribution in [2.45, 2.75) is 44.9 Å². The molecule has 4 nitrogen and oxygen atoms in total. The van der Waals surface area contributed by atoms with E-state index >= 15 is 0 Å². The van der Waals surface area contributed by atoms with E-state index in [1.807, 2.05) is 12.1 Å². The van der Waals surface area contributed by atoms with Crippen LogP contribution in [-0.4, -0.2) is 37.2 Å². The normalized spacial score (nSPS) is 19.5. The molecule has 0 bridgehead atoms. The molecule has 1 fully saturated rings. The SMILES string of the molecule is COC(=O)CC1(CS(=O)(=O)CCCCc2cccc3ccccc23)CC[C](=[V])C1. The van der Waals surface area contributed by atoms with Crippen LogP contribution in [0.5, 0.6) is 0 Å². The number of fused-ring (bicyclic) bond motifs is 1. The second-order valence-electron chi connectivity index (χ2n) is 8.18. The van der Waals surface area contributed by atoms with Crippen LogP contribution in [0.15, 0.2) is 42.5 Å². The van der Waals surface area contributed by atoms with Crippen LogP contribution in [0, 0.1) is 5.41 Å². The molecule has 0 aliphatic heterocycles. The van der Waals surface area contributed by atoms with Crippen molar-refractivity contribution in [2.24, 2.45) is 5.41 Å². The Hall–Kier alpha value is -1.43. The van der Waals surface area contributed by atoms with Crippen molar-refractivity contribution in [3.63, 3.8) is 0 Å². The summed E-state index contributed by atoms with van der Waals surface area (Å²) in [6, 6.07) is 14.6. The number of carbonyl (C=O) groups excluding carboxylic acids is 1. The molecule has 0 heterocycles. The molecular formula is C23H28O4SV. The van der Waals surface area contributed by atoms with Gasteiger partial charge in [0, 0.05) is 0 Å². The Bertz CT molecular complexity index is 994. The van der Waals surface area contributed by atoms with E-state index in [0.717, 1.165) is 25.7 Å². The van der Waals surface area contributed by atoms with Crippen LogP contribution in [0.2, 0.25) is 0 Å². The number of unbranched alkanes of at least 4 members (excludes halogenated alkanes) is 1. The number of rotatable bonds is 9. The molecule has 1 saturated carbocycles. The fourth-order valence-corrected chi connectivity index (χ4v) is 7.18. The van der Waals surface area contributed by atoms with E-state index in [2.05, 4.69) is 47.3 Å². The van der Waals surface area contributed by atoms with E-state index in [-0.39, 0.29) is 23.9 Å². The molecule has 0 spiro atoms. The Morgan fingerprint density at radius 3 is 2.62 bits per heavy atom. The van der Waals surface area contributed by atoms with Gasteiger partial charge >= 0.3 is 158 Å². The molecule has 2 aromatic carbocycles. The summed E-state index contributed by atoms with van der Waals surface area (Å²) < 4.78 is 31.7. The van der Waals surface area contributed by atoms with Gasteiger partial charge in [0.1, 0.15) is 0 Å². The van der Waals surface area contributed by atoms with Crippen LogP contribution in [0.4, 0.5) is 0 Å². The first-order chi connectivity index (χ1) is 13.8. The van der Waals surface area contributed by atoms with E-state index < -0.39 is 15.3 Å². The minimum atomic E-state index is -3.23. The quantitative estimate of drug-likeness (QED) is 0.427. The Kier molecular flexibility index (Phi) is 7.36. The van der Waals surface area contributed by atoms with Crippen molar-refractivity contribution in [1.29, 1.82) is 0 Å². The van der Waals surface area contributed by atoms with Gasteiger partial charge in [-0.2, -0.15) is 0 Å². The Morgan fingerprint density at radius 1 is 1.14 bits per heavy atom. The number of carbonyl (C=O) groups is 1. The number of esters is 1. The predicted molar refractivity (Wildman–Crippen MR) is 113 cm³/mol. The number of aryl methyl sites for hydroxylation is 1. The predicted octanol–water partition coefficient (Wildman–Crippen LogP) is 4.03. The molecule has 0 amide bonds. The van der Waals surface area contributed by atoms with Crippen LogP contribution in [0.25, 0.3) is 10.8 Å². The first-order valence-corrected chi connectivity index (χ1v) is 12.6. The molecule has 1 unspecified atom stereocenters. The average Bonchev–Trinajstić information content (AvgIpc) is 3.04. The zero-order chi connectivity index (χ0) is 20.9. The first-order valence-electron chi connectivity index (χ1n) is 10.1. The monoisotopic (exact) mass is 451 g/mol. The molecule has 0 aromatic heterocycles.